The van der Waals surface area contributed by atoms with E-state index in [-0.39, 0.29) is 23.9 Å². The van der Waals surface area contributed by atoms with Crippen LogP contribution in [0.25, 0.3) is 0 Å². The van der Waals surface area contributed by atoms with Crippen LogP contribution in [-0.2, 0) is 23.2 Å². The van der Waals surface area contributed by atoms with E-state index in [0.29, 0.717) is 12.8 Å². The molecule has 0 aliphatic rings. The standard InChI is InChI=1S/C44H88NO8P/c1-6-8-10-12-14-16-18-20-22-24-26-28-30-32-34-36-42(48)44(40-45(3,4)5,53-54(50,51)52-39-41(47)38-46)43(49)37-35-33-31-29-27-25-23-21-19-17-15-13-11-9-7-2/h41,46-47H,6-40H2,1-5H3/t41-/m1/s1. The lowest BCUT2D eigenvalue weighted by Gasteiger charge is -2.40. The van der Waals surface area contributed by atoms with Gasteiger partial charge in [-0.3, -0.25) is 18.7 Å². The fraction of sp³-hybridized carbons (Fsp3) is 0.955. The first-order valence-electron chi connectivity index (χ1n) is 22.7. The van der Waals surface area contributed by atoms with Crippen LogP contribution in [0.15, 0.2) is 0 Å². The lowest BCUT2D eigenvalue weighted by molar-refractivity contribution is -0.874. The monoisotopic (exact) mass is 790 g/mol. The van der Waals surface area contributed by atoms with Gasteiger partial charge in [0, 0.05) is 12.8 Å². The van der Waals surface area contributed by atoms with Crippen LogP contribution in [0.5, 0.6) is 0 Å². The molecule has 2 atom stereocenters. The molecule has 0 fully saturated rings. The molecule has 0 aromatic carbocycles. The normalized spacial score (nSPS) is 14.0. The number of carbonyl (C=O) groups is 2. The zero-order valence-corrected chi connectivity index (χ0v) is 37.0. The Kier molecular flexibility index (Phi) is 34.0. The fourth-order valence-corrected chi connectivity index (χ4v) is 8.35. The number of phosphoric ester groups is 1. The largest absolute Gasteiger partial charge is 0.756 e. The Labute approximate surface area is 333 Å². The Morgan fingerprint density at radius 1 is 0.574 bits per heavy atom. The first-order valence-corrected chi connectivity index (χ1v) is 24.1. The van der Waals surface area contributed by atoms with Crippen molar-refractivity contribution < 1.29 is 42.8 Å². The van der Waals surface area contributed by atoms with Crippen LogP contribution in [-0.4, -0.2) is 78.9 Å². The molecule has 0 spiro atoms. The maximum absolute atomic E-state index is 14.0. The number of aliphatic hydroxyl groups is 2. The molecule has 2 N–H and O–H groups in total. The number of nitrogens with zero attached hydrogens (tertiary/aromatic N) is 1. The number of hydrogen-bond acceptors (Lipinski definition) is 8. The number of hydrogen-bond donors (Lipinski definition) is 2. The van der Waals surface area contributed by atoms with E-state index >= 15 is 0 Å². The van der Waals surface area contributed by atoms with Crippen LogP contribution in [0.4, 0.5) is 0 Å². The molecule has 0 radical (unpaired) electrons. The first kappa shape index (κ1) is 53.3. The predicted molar refractivity (Wildman–Crippen MR) is 222 cm³/mol. The number of unbranched alkanes of at least 4 members (excludes halogenated alkanes) is 28. The van der Waals surface area contributed by atoms with Gasteiger partial charge in [0.1, 0.15) is 12.6 Å². The molecule has 0 rings (SSSR count). The molecule has 10 heteroatoms. The van der Waals surface area contributed by atoms with Crippen LogP contribution in [0, 0.1) is 0 Å². The van der Waals surface area contributed by atoms with Gasteiger partial charge >= 0.3 is 0 Å². The second kappa shape index (κ2) is 34.4. The summed E-state index contributed by atoms with van der Waals surface area (Å²) in [7, 11) is 0.196. The van der Waals surface area contributed by atoms with Crippen LogP contribution in [0.3, 0.4) is 0 Å². The van der Waals surface area contributed by atoms with Gasteiger partial charge in [-0.05, 0) is 12.8 Å². The lowest BCUT2D eigenvalue weighted by Crippen LogP contribution is -2.60. The van der Waals surface area contributed by atoms with Gasteiger partial charge in [-0.1, -0.05) is 194 Å². The number of Topliss-reactive ketones (excluding diaryl/α,β-unsaturated/α-hetero) is 2. The van der Waals surface area contributed by atoms with Gasteiger partial charge in [-0.15, -0.1) is 0 Å². The highest BCUT2D eigenvalue weighted by Gasteiger charge is 2.52. The molecule has 0 bridgehead atoms. The minimum absolute atomic E-state index is 0.0438. The average Bonchev–Trinajstić information content (AvgIpc) is 3.12. The predicted octanol–water partition coefficient (Wildman–Crippen LogP) is 10.9. The Balaban J connectivity index is 4.96. The van der Waals surface area contributed by atoms with Crippen molar-refractivity contribution in [3.05, 3.63) is 0 Å². The maximum atomic E-state index is 14.0. The molecule has 0 aliphatic heterocycles. The average molecular weight is 790 g/mol. The highest BCUT2D eigenvalue weighted by molar-refractivity contribution is 7.46. The van der Waals surface area contributed by atoms with Crippen LogP contribution < -0.4 is 4.89 Å². The summed E-state index contributed by atoms with van der Waals surface area (Å²) >= 11 is 0. The number of ketones is 2. The van der Waals surface area contributed by atoms with E-state index < -0.39 is 44.3 Å². The Bertz CT molecular complexity index is 894. The smallest absolute Gasteiger partial charge is 0.269 e. The van der Waals surface area contributed by atoms with Gasteiger partial charge in [0.15, 0.2) is 11.6 Å². The molecule has 322 valence electrons. The van der Waals surface area contributed by atoms with Crippen molar-refractivity contribution in [2.24, 2.45) is 0 Å². The van der Waals surface area contributed by atoms with Gasteiger partial charge in [0.05, 0.1) is 34.4 Å². The summed E-state index contributed by atoms with van der Waals surface area (Å²) in [6, 6.07) is 0. The minimum atomic E-state index is -5.20. The van der Waals surface area contributed by atoms with Crippen molar-refractivity contribution in [1.29, 1.82) is 0 Å². The summed E-state index contributed by atoms with van der Waals surface area (Å²) < 4.78 is 23.6. The van der Waals surface area contributed by atoms with Crippen LogP contribution in [0.2, 0.25) is 0 Å². The molecule has 0 amide bonds. The molecule has 9 nitrogen and oxygen atoms in total. The Morgan fingerprint density at radius 2 is 0.852 bits per heavy atom. The number of quaternary nitrogens is 1. The van der Waals surface area contributed by atoms with E-state index in [1.165, 1.54) is 141 Å². The molecule has 0 aromatic heterocycles. The minimum Gasteiger partial charge on any atom is -0.756 e. The van der Waals surface area contributed by atoms with Gasteiger partial charge < -0.3 is 24.1 Å². The van der Waals surface area contributed by atoms with Gasteiger partial charge in [0.25, 0.3) is 7.82 Å². The Morgan fingerprint density at radius 3 is 1.11 bits per heavy atom. The molecular weight excluding hydrogens is 701 g/mol. The van der Waals surface area contributed by atoms with Crippen molar-refractivity contribution >= 4 is 19.4 Å². The zero-order chi connectivity index (χ0) is 40.4. The van der Waals surface area contributed by atoms with E-state index in [2.05, 4.69) is 13.8 Å². The second-order valence-electron chi connectivity index (χ2n) is 17.2. The third kappa shape index (κ3) is 30.5. The van der Waals surface area contributed by atoms with E-state index in [1.807, 2.05) is 0 Å². The van der Waals surface area contributed by atoms with Crippen molar-refractivity contribution in [3.63, 3.8) is 0 Å². The van der Waals surface area contributed by atoms with Gasteiger partial charge in [-0.25, -0.2) is 0 Å². The molecule has 0 saturated carbocycles. The summed E-state index contributed by atoms with van der Waals surface area (Å²) in [6.45, 7) is 2.93. The van der Waals surface area contributed by atoms with Crippen molar-refractivity contribution in [1.82, 2.24) is 0 Å². The van der Waals surface area contributed by atoms with Crippen LogP contribution in [0.1, 0.15) is 219 Å². The zero-order valence-electron chi connectivity index (χ0n) is 36.1. The first-order chi connectivity index (χ1) is 25.8. The number of carbonyl (C=O) groups excluding carboxylic acids is 2. The van der Waals surface area contributed by atoms with E-state index in [9.17, 15) is 24.2 Å². The summed E-state index contributed by atoms with van der Waals surface area (Å²) in [5, 5.41) is 18.8. The molecular formula is C44H88NO8P. The SMILES string of the molecule is CCCCCCCCCCCCCCCCCC(=O)C(C[N+](C)(C)C)(OP(=O)([O-])OC[C@H](O)CO)C(=O)CCCCCCCCCCCCCCCCC. The van der Waals surface area contributed by atoms with Gasteiger partial charge in [-0.2, -0.15) is 0 Å². The van der Waals surface area contributed by atoms with Gasteiger partial charge in [0.2, 0.25) is 5.60 Å². The van der Waals surface area contributed by atoms with Crippen LogP contribution >= 0.6 is 7.82 Å². The van der Waals surface area contributed by atoms with E-state index in [4.69, 9.17) is 14.2 Å². The lowest BCUT2D eigenvalue weighted by atomic mass is 9.86. The highest BCUT2D eigenvalue weighted by Crippen LogP contribution is 2.45. The topological polar surface area (TPSA) is 133 Å². The molecule has 0 aliphatic carbocycles. The van der Waals surface area contributed by atoms with Crippen molar-refractivity contribution in [2.75, 3.05) is 40.9 Å². The molecule has 0 heterocycles. The Hall–Kier alpha value is -0.670. The highest BCUT2D eigenvalue weighted by atomic mass is 31.2. The summed E-state index contributed by atoms with van der Waals surface area (Å²) in [6.07, 6.45) is 34.4. The number of likely N-dealkylation sites (N-methyl/N-ethyl adjacent to an activating group) is 1. The van der Waals surface area contributed by atoms with Crippen molar-refractivity contribution in [3.8, 4) is 0 Å². The summed E-state index contributed by atoms with van der Waals surface area (Å²) in [5.74, 6) is -1.06. The number of aliphatic hydroxyl groups excluding tert-OH is 2. The third-order valence-corrected chi connectivity index (χ3v) is 11.5. The fourth-order valence-electron chi connectivity index (χ4n) is 7.30. The van der Waals surface area contributed by atoms with E-state index in [0.717, 1.165) is 38.5 Å². The molecule has 54 heavy (non-hydrogen) atoms. The summed E-state index contributed by atoms with van der Waals surface area (Å²) in [4.78, 5) is 41.0. The maximum Gasteiger partial charge on any atom is 0.269 e. The van der Waals surface area contributed by atoms with Crippen molar-refractivity contribution in [2.45, 2.75) is 231 Å². The third-order valence-electron chi connectivity index (χ3n) is 10.5. The summed E-state index contributed by atoms with van der Waals surface area (Å²) in [5.41, 5.74) is -2.20. The molecule has 1 unspecified atom stereocenters. The van der Waals surface area contributed by atoms with E-state index in [1.54, 1.807) is 21.1 Å². The number of phosphoric acid groups is 1. The quantitative estimate of drug-likeness (QED) is 0.0270. The second-order valence-corrected chi connectivity index (χ2v) is 18.5. The molecule has 0 saturated heterocycles. The number of rotatable bonds is 42. The molecule has 0 aromatic rings.